The van der Waals surface area contributed by atoms with Crippen LogP contribution in [0.1, 0.15) is 28.8 Å². The Balaban J connectivity index is 1.56. The van der Waals surface area contributed by atoms with Crippen LogP contribution in [-0.4, -0.2) is 37.1 Å². The van der Waals surface area contributed by atoms with Gasteiger partial charge in [-0.2, -0.15) is 0 Å². The first kappa shape index (κ1) is 19.1. The number of amides is 3. The normalized spacial score (nSPS) is 19.1. The molecule has 2 heterocycles. The van der Waals surface area contributed by atoms with Gasteiger partial charge in [0, 0.05) is 24.2 Å². The van der Waals surface area contributed by atoms with Crippen molar-refractivity contribution in [1.82, 2.24) is 10.2 Å². The van der Waals surface area contributed by atoms with E-state index in [1.165, 1.54) is 35.2 Å². The highest BCUT2D eigenvalue weighted by atomic mass is 32.2. The molecule has 10 heteroatoms. The summed E-state index contributed by atoms with van der Waals surface area (Å²) >= 11 is 0. The lowest BCUT2D eigenvalue weighted by molar-refractivity contribution is -0.136. The molecule has 1 atom stereocenters. The molecule has 2 aromatic carbocycles. The number of fused-ring (bicyclic) bond motifs is 1. The molecule has 8 nitrogen and oxygen atoms in total. The minimum absolute atomic E-state index is 0.121. The molecule has 0 aromatic heterocycles. The number of rotatable bonds is 4. The fraction of sp³-hybridized carbons (Fsp3) is 0.211. The van der Waals surface area contributed by atoms with Gasteiger partial charge in [0.2, 0.25) is 11.8 Å². The van der Waals surface area contributed by atoms with E-state index in [1.807, 2.05) is 0 Å². The van der Waals surface area contributed by atoms with Crippen LogP contribution in [0, 0.1) is 5.82 Å². The summed E-state index contributed by atoms with van der Waals surface area (Å²) in [5, 5.41) is 2.22. The predicted molar refractivity (Wildman–Crippen MR) is 99.7 cm³/mol. The van der Waals surface area contributed by atoms with Crippen LogP contribution in [0.4, 0.5) is 10.1 Å². The number of nitrogens with zero attached hydrogens (tertiary/aromatic N) is 1. The highest BCUT2D eigenvalue weighted by Crippen LogP contribution is 2.30. The third-order valence-electron chi connectivity index (χ3n) is 4.88. The van der Waals surface area contributed by atoms with Crippen LogP contribution in [0.25, 0.3) is 0 Å². The van der Waals surface area contributed by atoms with Gasteiger partial charge in [-0.3, -0.25) is 24.4 Å². The number of nitrogens with one attached hydrogen (secondary N) is 2. The Morgan fingerprint density at radius 2 is 1.90 bits per heavy atom. The van der Waals surface area contributed by atoms with Crippen LogP contribution in [0.3, 0.4) is 0 Å². The highest BCUT2D eigenvalue weighted by molar-refractivity contribution is 7.92. The fourth-order valence-corrected chi connectivity index (χ4v) is 4.57. The lowest BCUT2D eigenvalue weighted by Gasteiger charge is -2.29. The summed E-state index contributed by atoms with van der Waals surface area (Å²) in [7, 11) is -4.01. The number of halogens is 1. The van der Waals surface area contributed by atoms with Gasteiger partial charge in [0.15, 0.2) is 0 Å². The zero-order valence-electron chi connectivity index (χ0n) is 15.0. The molecule has 2 N–H and O–H groups in total. The maximum atomic E-state index is 13.3. The Bertz CT molecular complexity index is 1150. The molecule has 0 aliphatic carbocycles. The maximum Gasteiger partial charge on any atom is 0.261 e. The van der Waals surface area contributed by atoms with Crippen molar-refractivity contribution in [2.45, 2.75) is 30.3 Å². The summed E-state index contributed by atoms with van der Waals surface area (Å²) in [6.45, 7) is 0.121. The number of hydrogen-bond acceptors (Lipinski definition) is 5. The smallest absolute Gasteiger partial charge is 0.261 e. The van der Waals surface area contributed by atoms with E-state index < -0.39 is 27.8 Å². The lowest BCUT2D eigenvalue weighted by Crippen LogP contribution is -2.52. The van der Waals surface area contributed by atoms with Crippen molar-refractivity contribution in [1.29, 1.82) is 0 Å². The molecule has 1 unspecified atom stereocenters. The first-order valence-corrected chi connectivity index (χ1v) is 10.3. The van der Waals surface area contributed by atoms with Gasteiger partial charge >= 0.3 is 0 Å². The third-order valence-corrected chi connectivity index (χ3v) is 6.26. The summed E-state index contributed by atoms with van der Waals surface area (Å²) in [6, 6.07) is 8.29. The van der Waals surface area contributed by atoms with Gasteiger partial charge in [-0.25, -0.2) is 12.8 Å². The first-order chi connectivity index (χ1) is 13.7. The molecule has 4 rings (SSSR count). The fourth-order valence-electron chi connectivity index (χ4n) is 3.49. The summed E-state index contributed by atoms with van der Waals surface area (Å²) in [5.74, 6) is -1.92. The number of carbonyl (C=O) groups is 3. The van der Waals surface area contributed by atoms with Crippen LogP contribution in [0.5, 0.6) is 0 Å². The van der Waals surface area contributed by atoms with Crippen molar-refractivity contribution in [3.63, 3.8) is 0 Å². The molecule has 29 heavy (non-hydrogen) atoms. The molecule has 1 saturated heterocycles. The number of hydrogen-bond donors (Lipinski definition) is 2. The number of imide groups is 1. The Morgan fingerprint density at radius 3 is 2.62 bits per heavy atom. The van der Waals surface area contributed by atoms with E-state index in [1.54, 1.807) is 0 Å². The van der Waals surface area contributed by atoms with Gasteiger partial charge in [0.25, 0.3) is 15.9 Å². The van der Waals surface area contributed by atoms with Gasteiger partial charge in [0.05, 0.1) is 4.90 Å². The summed E-state index contributed by atoms with van der Waals surface area (Å²) in [5.41, 5.74) is 1.13. The number of anilines is 1. The zero-order chi connectivity index (χ0) is 20.8. The quantitative estimate of drug-likeness (QED) is 0.730. The van der Waals surface area contributed by atoms with Gasteiger partial charge in [-0.15, -0.1) is 0 Å². The van der Waals surface area contributed by atoms with Crippen LogP contribution in [0.2, 0.25) is 0 Å². The standard InChI is InChI=1S/C19H16FN3O5S/c20-12-2-1-3-14(9-12)29(27,28)22-13-4-5-15-11(8-13)10-23(19(15)26)16-6-7-17(24)21-18(16)25/h1-5,8-9,16,22H,6-7,10H2,(H,21,24,25). The van der Waals surface area contributed by atoms with E-state index in [9.17, 15) is 27.2 Å². The molecule has 2 aliphatic rings. The molecule has 0 bridgehead atoms. The van der Waals surface area contributed by atoms with Crippen molar-refractivity contribution in [2.75, 3.05) is 4.72 Å². The van der Waals surface area contributed by atoms with Crippen LogP contribution < -0.4 is 10.0 Å². The lowest BCUT2D eigenvalue weighted by atomic mass is 10.0. The van der Waals surface area contributed by atoms with E-state index >= 15 is 0 Å². The highest BCUT2D eigenvalue weighted by Gasteiger charge is 2.39. The summed E-state index contributed by atoms with van der Waals surface area (Å²) in [6.07, 6.45) is 0.388. The number of piperidine rings is 1. The monoisotopic (exact) mass is 417 g/mol. The largest absolute Gasteiger partial charge is 0.322 e. The first-order valence-electron chi connectivity index (χ1n) is 8.80. The van der Waals surface area contributed by atoms with E-state index in [2.05, 4.69) is 10.0 Å². The van der Waals surface area contributed by atoms with Crippen molar-refractivity contribution in [3.8, 4) is 0 Å². The second-order valence-electron chi connectivity index (χ2n) is 6.83. The third kappa shape index (κ3) is 3.58. The van der Waals surface area contributed by atoms with Crippen molar-refractivity contribution < 1.29 is 27.2 Å². The molecular weight excluding hydrogens is 401 g/mol. The maximum absolute atomic E-state index is 13.3. The van der Waals surface area contributed by atoms with Crippen molar-refractivity contribution >= 4 is 33.4 Å². The minimum atomic E-state index is -4.01. The second-order valence-corrected chi connectivity index (χ2v) is 8.52. The molecule has 3 amide bonds. The Hall–Kier alpha value is -3.27. The van der Waals surface area contributed by atoms with Crippen LogP contribution in [0.15, 0.2) is 47.4 Å². The average Bonchev–Trinajstić information content (AvgIpc) is 2.97. The molecule has 0 radical (unpaired) electrons. The Morgan fingerprint density at radius 1 is 1.10 bits per heavy atom. The molecule has 2 aliphatic heterocycles. The predicted octanol–water partition coefficient (Wildman–Crippen LogP) is 1.39. The molecule has 0 spiro atoms. The SMILES string of the molecule is O=C1CCC(N2Cc3cc(NS(=O)(=O)c4cccc(F)c4)ccc3C2=O)C(=O)N1. The molecule has 1 fully saturated rings. The van der Waals surface area contributed by atoms with Gasteiger partial charge in [-0.1, -0.05) is 6.07 Å². The van der Waals surface area contributed by atoms with E-state index in [0.717, 1.165) is 12.1 Å². The number of sulfonamides is 1. The Kier molecular flexibility index (Phi) is 4.58. The molecule has 2 aromatic rings. The van der Waals surface area contributed by atoms with Crippen LogP contribution >= 0.6 is 0 Å². The minimum Gasteiger partial charge on any atom is -0.322 e. The van der Waals surface area contributed by atoms with Gasteiger partial charge in [-0.05, 0) is 48.4 Å². The number of benzene rings is 2. The van der Waals surface area contributed by atoms with E-state index in [-0.39, 0.29) is 41.8 Å². The zero-order valence-corrected chi connectivity index (χ0v) is 15.8. The summed E-state index contributed by atoms with van der Waals surface area (Å²) in [4.78, 5) is 37.2. The number of carbonyl (C=O) groups excluding carboxylic acids is 3. The van der Waals surface area contributed by atoms with Gasteiger partial charge < -0.3 is 4.90 Å². The molecular formula is C19H16FN3O5S. The topological polar surface area (TPSA) is 113 Å². The van der Waals surface area contributed by atoms with Crippen LogP contribution in [-0.2, 0) is 26.2 Å². The van der Waals surface area contributed by atoms with E-state index in [4.69, 9.17) is 0 Å². The summed E-state index contributed by atoms with van der Waals surface area (Å²) < 4.78 is 40.6. The van der Waals surface area contributed by atoms with Gasteiger partial charge in [0.1, 0.15) is 11.9 Å². The average molecular weight is 417 g/mol. The Labute approximate surface area is 165 Å². The van der Waals surface area contributed by atoms with Crippen molar-refractivity contribution in [3.05, 3.63) is 59.4 Å². The molecule has 0 saturated carbocycles. The second kappa shape index (κ2) is 6.96. The van der Waals surface area contributed by atoms with Crippen molar-refractivity contribution in [2.24, 2.45) is 0 Å². The molecule has 150 valence electrons. The van der Waals surface area contributed by atoms with E-state index in [0.29, 0.717) is 11.1 Å².